The molecule has 0 N–H and O–H groups in total. The van der Waals surface area contributed by atoms with E-state index in [0.29, 0.717) is 5.75 Å². The van der Waals surface area contributed by atoms with Crippen LogP contribution in [0.1, 0.15) is 0 Å². The third-order valence-electron chi connectivity index (χ3n) is 16.3. The number of pyridine rings is 1. The van der Waals surface area contributed by atoms with Gasteiger partial charge in [-0.2, -0.15) is 0 Å². The second-order valence-electron chi connectivity index (χ2n) is 20.3. The molecule has 11 aromatic carbocycles. The zero-order valence-corrected chi connectivity index (χ0v) is 41.4. The van der Waals surface area contributed by atoms with Gasteiger partial charge >= 0.3 is 0 Å². The fourth-order valence-corrected chi connectivity index (χ4v) is 13.1. The van der Waals surface area contributed by atoms with Gasteiger partial charge in [0.2, 0.25) is 0 Å². The van der Waals surface area contributed by atoms with Crippen molar-refractivity contribution in [1.82, 2.24) is 13.8 Å². The molecule has 1 aliphatic heterocycles. The molecular weight excluding hydrogens is 937 g/mol. The lowest BCUT2D eigenvalue weighted by atomic mass is 9.89. The summed E-state index contributed by atoms with van der Waals surface area (Å²) in [6.07, 6.45) is 5.97. The van der Waals surface area contributed by atoms with Crippen LogP contribution in [-0.2, 0) is 0 Å². The molecule has 6 heterocycles. The largest absolute Gasteiger partial charge is 0.458 e. The van der Waals surface area contributed by atoms with Crippen LogP contribution in [0.2, 0.25) is 0 Å². The number of fused-ring (bicyclic) bond motifs is 24. The van der Waals surface area contributed by atoms with Crippen LogP contribution < -0.4 is 9.30 Å². The zero-order chi connectivity index (χ0) is 50.3. The zero-order valence-electron chi connectivity index (χ0n) is 41.4. The summed E-state index contributed by atoms with van der Waals surface area (Å²) in [5, 5.41) is 16.0. The molecule has 5 heteroatoms. The molecule has 5 nitrogen and oxygen atoms in total. The van der Waals surface area contributed by atoms with Gasteiger partial charge in [0.05, 0.1) is 33.3 Å². The molecule has 0 saturated heterocycles. The lowest BCUT2D eigenvalue weighted by Crippen LogP contribution is -2.30. The molecular formula is C72H42N4O. The van der Waals surface area contributed by atoms with Crippen LogP contribution in [0.25, 0.3) is 148 Å². The number of aromatic nitrogens is 4. The molecule has 17 rings (SSSR count). The van der Waals surface area contributed by atoms with Crippen LogP contribution in [0.3, 0.4) is 0 Å². The van der Waals surface area contributed by atoms with E-state index in [1.807, 2.05) is 12.3 Å². The van der Waals surface area contributed by atoms with E-state index in [4.69, 9.17) is 9.72 Å². The number of hydrogen-bond acceptors (Lipinski definition) is 2. The Morgan fingerprint density at radius 1 is 0.325 bits per heavy atom. The summed E-state index contributed by atoms with van der Waals surface area (Å²) in [5.41, 5.74) is 14.2. The van der Waals surface area contributed by atoms with E-state index >= 15 is 0 Å². The number of rotatable bonds is 2. The molecule has 0 saturated carbocycles. The monoisotopic (exact) mass is 978 g/mol. The van der Waals surface area contributed by atoms with E-state index in [0.717, 1.165) is 104 Å². The summed E-state index contributed by atoms with van der Waals surface area (Å²) in [6.45, 7) is 0. The van der Waals surface area contributed by atoms with Crippen molar-refractivity contribution in [2.24, 2.45) is 0 Å². The Hall–Kier alpha value is -10.4. The second kappa shape index (κ2) is 16.1. The van der Waals surface area contributed by atoms with Crippen LogP contribution >= 0.6 is 0 Å². The van der Waals surface area contributed by atoms with Gasteiger partial charge in [0, 0.05) is 33.8 Å². The van der Waals surface area contributed by atoms with Gasteiger partial charge in [-0.25, -0.2) is 4.98 Å². The highest BCUT2D eigenvalue weighted by atomic mass is 16.5. The fraction of sp³-hybridized carbons (Fsp3) is 0. The summed E-state index contributed by atoms with van der Waals surface area (Å²) in [4.78, 5) is 5.22. The Labute approximate surface area is 441 Å². The number of imidazole rings is 1. The van der Waals surface area contributed by atoms with Gasteiger partial charge in [0.25, 0.3) is 6.33 Å². The van der Waals surface area contributed by atoms with Gasteiger partial charge in [-0.05, 0) is 130 Å². The van der Waals surface area contributed by atoms with Crippen LogP contribution in [0, 0.1) is 6.33 Å². The lowest BCUT2D eigenvalue weighted by molar-refractivity contribution is -0.571. The summed E-state index contributed by atoms with van der Waals surface area (Å²) >= 11 is 0. The molecule has 0 fully saturated rings. The molecule has 0 amide bonds. The van der Waals surface area contributed by atoms with Crippen molar-refractivity contribution in [1.29, 1.82) is 0 Å². The van der Waals surface area contributed by atoms with Gasteiger partial charge in [-0.1, -0.05) is 200 Å². The van der Waals surface area contributed by atoms with Crippen molar-refractivity contribution in [3.05, 3.63) is 261 Å². The van der Waals surface area contributed by atoms with Crippen LogP contribution in [0.4, 0.5) is 0 Å². The molecule has 0 unspecified atom stereocenters. The van der Waals surface area contributed by atoms with Crippen molar-refractivity contribution in [2.45, 2.75) is 0 Å². The third-order valence-corrected chi connectivity index (χ3v) is 16.3. The minimum atomic E-state index is 0.709. The summed E-state index contributed by atoms with van der Waals surface area (Å²) in [6, 6.07) is 90.3. The topological polar surface area (TPSA) is 34.8 Å². The Balaban J connectivity index is 0.984. The number of nitrogens with zero attached hydrogens (tertiary/aromatic N) is 4. The molecule has 0 aliphatic carbocycles. The summed E-state index contributed by atoms with van der Waals surface area (Å²) < 4.78 is 14.2. The average molecular weight is 979 g/mol. The van der Waals surface area contributed by atoms with Gasteiger partial charge in [-0.15, -0.1) is 0 Å². The Kier molecular flexibility index (Phi) is 8.77. The van der Waals surface area contributed by atoms with Gasteiger partial charge in [0.1, 0.15) is 17.1 Å². The molecule has 0 bridgehead atoms. The second-order valence-corrected chi connectivity index (χ2v) is 20.3. The minimum Gasteiger partial charge on any atom is -0.458 e. The first-order valence-electron chi connectivity index (χ1n) is 26.3. The first-order chi connectivity index (χ1) is 38.2. The maximum absolute atomic E-state index is 7.21. The number of para-hydroxylation sites is 2. The fourth-order valence-electron chi connectivity index (χ4n) is 13.1. The average Bonchev–Trinajstić information content (AvgIpc) is 4.25. The molecule has 1 aliphatic rings. The number of hydrogen-bond donors (Lipinski definition) is 0. The van der Waals surface area contributed by atoms with Gasteiger partial charge in [-0.3, -0.25) is 13.4 Å². The molecule has 77 heavy (non-hydrogen) atoms. The predicted octanol–water partition coefficient (Wildman–Crippen LogP) is 18.3. The van der Waals surface area contributed by atoms with Crippen LogP contribution in [0.5, 0.6) is 11.5 Å². The van der Waals surface area contributed by atoms with Crippen molar-refractivity contribution in [3.8, 4) is 50.6 Å². The lowest BCUT2D eigenvalue weighted by Gasteiger charge is -2.15. The Morgan fingerprint density at radius 3 is 1.35 bits per heavy atom. The highest BCUT2D eigenvalue weighted by Gasteiger charge is 2.25. The quantitative estimate of drug-likeness (QED) is 0.128. The maximum atomic E-state index is 7.21. The Morgan fingerprint density at radius 2 is 0.740 bits per heavy atom. The first-order valence-corrected chi connectivity index (χ1v) is 26.3. The normalized spacial score (nSPS) is 12.2. The van der Waals surface area contributed by atoms with Gasteiger partial charge < -0.3 is 4.74 Å². The van der Waals surface area contributed by atoms with E-state index in [2.05, 4.69) is 262 Å². The highest BCUT2D eigenvalue weighted by molar-refractivity contribution is 6.25. The number of benzene rings is 11. The van der Waals surface area contributed by atoms with E-state index in [1.54, 1.807) is 0 Å². The summed E-state index contributed by atoms with van der Waals surface area (Å²) in [5.74, 6) is 1.43. The van der Waals surface area contributed by atoms with Crippen LogP contribution in [0.15, 0.2) is 255 Å². The molecule has 0 spiro atoms. The van der Waals surface area contributed by atoms with Gasteiger partial charge in [0.15, 0.2) is 0 Å². The molecule has 356 valence electrons. The maximum Gasteiger partial charge on any atom is 0.269 e. The first kappa shape index (κ1) is 42.0. The Bertz CT molecular complexity index is 5340. The molecule has 0 radical (unpaired) electrons. The third kappa shape index (κ3) is 5.99. The SMILES string of the molecule is [c-]1n2c3cc(Oc4ccc5c6cccc7c8ccccc8c8ccccc8c8cccnc8n(c5c4)c76)ccc3c3ccccc3c3ccccc3c3ccc4c(c32)[n+]1-c1ccccc1-c1ccccc1-c1ccccc1-4. The van der Waals surface area contributed by atoms with Crippen LogP contribution in [-0.4, -0.2) is 13.8 Å². The predicted molar refractivity (Wildman–Crippen MR) is 318 cm³/mol. The molecule has 0 atom stereocenters. The van der Waals surface area contributed by atoms with Crippen molar-refractivity contribution < 1.29 is 9.30 Å². The van der Waals surface area contributed by atoms with E-state index in [-0.39, 0.29) is 0 Å². The van der Waals surface area contributed by atoms with Crippen molar-refractivity contribution in [3.63, 3.8) is 0 Å². The van der Waals surface area contributed by atoms with E-state index < -0.39 is 0 Å². The highest BCUT2D eigenvalue weighted by Crippen LogP contribution is 2.46. The molecule has 5 aromatic heterocycles. The standard InChI is InChI=1S/C72H42N4O/c1-7-23-52-46(17-1)48-19-4-10-26-55(48)63-38-39-64-56-27-11-5-20-49(56)47-18-2-8-24-53(47)59-36-34-44(41-67(59)75-43-74(70(63)71(64)75)66-33-14-13-29-58(52)66)77-45-35-37-60-62-31-15-30-61-54-25-9-3-21-50(54)51-22-6-12-28-57(51)65-32-16-40-73-72(65)76(69(61)62)68(60)42-45/h1-42H. The van der Waals surface area contributed by atoms with E-state index in [1.165, 1.54) is 49.2 Å². The number of ether oxygens (including phenoxy) is 1. The molecule has 16 aromatic rings. The minimum absolute atomic E-state index is 0.709. The summed E-state index contributed by atoms with van der Waals surface area (Å²) in [7, 11) is 0. The van der Waals surface area contributed by atoms with E-state index in [9.17, 15) is 0 Å². The van der Waals surface area contributed by atoms with Crippen molar-refractivity contribution in [2.75, 3.05) is 0 Å². The van der Waals surface area contributed by atoms with Crippen molar-refractivity contribution >= 4 is 109 Å². The smallest absolute Gasteiger partial charge is 0.269 e.